The average Bonchev–Trinajstić information content (AvgIpc) is 2.55. The van der Waals surface area contributed by atoms with E-state index in [1.165, 1.54) is 6.07 Å². The third-order valence-electron chi connectivity index (χ3n) is 3.14. The van der Waals surface area contributed by atoms with Crippen LogP contribution in [0.25, 0.3) is 11.0 Å². The molecule has 6 heteroatoms. The molecule has 23 heavy (non-hydrogen) atoms. The van der Waals surface area contributed by atoms with Crippen molar-refractivity contribution >= 4 is 39.9 Å². The van der Waals surface area contributed by atoms with Crippen molar-refractivity contribution in [1.82, 2.24) is 5.32 Å². The molecule has 2 aromatic carbocycles. The molecule has 1 heterocycles. The first kappa shape index (κ1) is 14.9. The SMILES string of the molecule is O=C(NC(=S)Nc1ccccc1)c1cc2ccccc2oc1=O. The molecule has 0 aliphatic rings. The van der Waals surface area contributed by atoms with Gasteiger partial charge in [-0.15, -0.1) is 0 Å². The highest BCUT2D eigenvalue weighted by Gasteiger charge is 2.14. The number of para-hydroxylation sites is 2. The van der Waals surface area contributed by atoms with Gasteiger partial charge in [-0.1, -0.05) is 36.4 Å². The molecule has 1 amide bonds. The molecular formula is C17H12N2O3S. The number of benzene rings is 2. The Morgan fingerprint density at radius 1 is 1.00 bits per heavy atom. The minimum absolute atomic E-state index is 0.0964. The number of nitrogens with one attached hydrogen (secondary N) is 2. The highest BCUT2D eigenvalue weighted by atomic mass is 32.1. The zero-order valence-corrected chi connectivity index (χ0v) is 12.7. The van der Waals surface area contributed by atoms with Crippen molar-refractivity contribution in [1.29, 1.82) is 0 Å². The second-order valence-corrected chi connectivity index (χ2v) is 5.17. The van der Waals surface area contributed by atoms with Gasteiger partial charge in [0.05, 0.1) is 0 Å². The topological polar surface area (TPSA) is 71.3 Å². The Morgan fingerprint density at radius 3 is 2.48 bits per heavy atom. The molecule has 5 nitrogen and oxygen atoms in total. The molecule has 3 aromatic rings. The van der Waals surface area contributed by atoms with Crippen LogP contribution < -0.4 is 16.3 Å². The molecule has 114 valence electrons. The van der Waals surface area contributed by atoms with Crippen LogP contribution in [0.4, 0.5) is 5.69 Å². The van der Waals surface area contributed by atoms with Gasteiger partial charge in [0.1, 0.15) is 11.1 Å². The summed E-state index contributed by atoms with van der Waals surface area (Å²) in [5.74, 6) is -0.613. The zero-order valence-electron chi connectivity index (χ0n) is 11.9. The van der Waals surface area contributed by atoms with Crippen LogP contribution in [0.15, 0.2) is 69.9 Å². The highest BCUT2D eigenvalue weighted by Crippen LogP contribution is 2.12. The number of anilines is 1. The number of fused-ring (bicyclic) bond motifs is 1. The van der Waals surface area contributed by atoms with E-state index in [9.17, 15) is 9.59 Å². The van der Waals surface area contributed by atoms with Crippen LogP contribution in [-0.2, 0) is 0 Å². The summed E-state index contributed by atoms with van der Waals surface area (Å²) in [6, 6.07) is 17.6. The lowest BCUT2D eigenvalue weighted by atomic mass is 10.2. The zero-order chi connectivity index (χ0) is 16.2. The van der Waals surface area contributed by atoms with E-state index in [1.54, 1.807) is 24.3 Å². The van der Waals surface area contributed by atoms with Gasteiger partial charge in [0, 0.05) is 11.1 Å². The maximum Gasteiger partial charge on any atom is 0.349 e. The highest BCUT2D eigenvalue weighted by molar-refractivity contribution is 7.80. The van der Waals surface area contributed by atoms with Crippen molar-refractivity contribution in [2.75, 3.05) is 5.32 Å². The first-order valence-electron chi connectivity index (χ1n) is 6.84. The second-order valence-electron chi connectivity index (χ2n) is 4.76. The van der Waals surface area contributed by atoms with E-state index in [1.807, 2.05) is 30.3 Å². The fourth-order valence-corrected chi connectivity index (χ4v) is 2.29. The van der Waals surface area contributed by atoms with Crippen molar-refractivity contribution < 1.29 is 9.21 Å². The van der Waals surface area contributed by atoms with Gasteiger partial charge < -0.3 is 9.73 Å². The number of hydrogen-bond donors (Lipinski definition) is 2. The van der Waals surface area contributed by atoms with Gasteiger partial charge in [-0.05, 0) is 36.5 Å². The Morgan fingerprint density at radius 2 is 1.70 bits per heavy atom. The summed E-state index contributed by atoms with van der Waals surface area (Å²) < 4.78 is 5.13. The third-order valence-corrected chi connectivity index (χ3v) is 3.35. The van der Waals surface area contributed by atoms with E-state index in [0.29, 0.717) is 11.0 Å². The van der Waals surface area contributed by atoms with E-state index >= 15 is 0 Å². The normalized spacial score (nSPS) is 10.3. The predicted molar refractivity (Wildman–Crippen MR) is 92.6 cm³/mol. The molecule has 0 fully saturated rings. The first-order chi connectivity index (χ1) is 11.1. The smallest absolute Gasteiger partial charge is 0.349 e. The molecule has 0 saturated carbocycles. The van der Waals surface area contributed by atoms with Gasteiger partial charge in [0.15, 0.2) is 5.11 Å². The van der Waals surface area contributed by atoms with Crippen LogP contribution in [0.1, 0.15) is 10.4 Å². The van der Waals surface area contributed by atoms with Gasteiger partial charge >= 0.3 is 5.63 Å². The minimum Gasteiger partial charge on any atom is -0.422 e. The molecule has 0 aliphatic heterocycles. The second kappa shape index (κ2) is 6.41. The number of thiocarbonyl (C=S) groups is 1. The Hall–Kier alpha value is -2.99. The van der Waals surface area contributed by atoms with E-state index in [4.69, 9.17) is 16.6 Å². The van der Waals surface area contributed by atoms with E-state index < -0.39 is 11.5 Å². The fraction of sp³-hybridized carbons (Fsp3) is 0. The Balaban J connectivity index is 1.79. The summed E-state index contributed by atoms with van der Waals surface area (Å²) in [4.78, 5) is 24.1. The van der Waals surface area contributed by atoms with E-state index in [-0.39, 0.29) is 10.7 Å². The maximum absolute atomic E-state index is 12.2. The Bertz CT molecular complexity index is 935. The van der Waals surface area contributed by atoms with E-state index in [2.05, 4.69) is 10.6 Å². The lowest BCUT2D eigenvalue weighted by Crippen LogP contribution is -2.36. The van der Waals surface area contributed by atoms with Gasteiger partial charge in [-0.2, -0.15) is 0 Å². The molecule has 0 atom stereocenters. The fourth-order valence-electron chi connectivity index (χ4n) is 2.07. The van der Waals surface area contributed by atoms with Crippen LogP contribution >= 0.6 is 12.2 Å². The summed E-state index contributed by atoms with van der Waals surface area (Å²) in [6.45, 7) is 0. The van der Waals surface area contributed by atoms with Crippen molar-refractivity contribution in [3.63, 3.8) is 0 Å². The van der Waals surface area contributed by atoms with Crippen LogP contribution in [0.3, 0.4) is 0 Å². The summed E-state index contributed by atoms with van der Waals surface area (Å²) in [5, 5.41) is 6.11. The summed E-state index contributed by atoms with van der Waals surface area (Å²) >= 11 is 5.08. The van der Waals surface area contributed by atoms with Crippen molar-refractivity contribution in [3.8, 4) is 0 Å². The Kier molecular flexibility index (Phi) is 4.16. The van der Waals surface area contributed by atoms with Crippen LogP contribution in [0, 0.1) is 0 Å². The lowest BCUT2D eigenvalue weighted by Gasteiger charge is -2.09. The number of hydrogen-bond acceptors (Lipinski definition) is 4. The van der Waals surface area contributed by atoms with E-state index in [0.717, 1.165) is 5.69 Å². The molecule has 0 radical (unpaired) electrons. The lowest BCUT2D eigenvalue weighted by molar-refractivity contribution is 0.0974. The third kappa shape index (κ3) is 3.44. The van der Waals surface area contributed by atoms with Crippen LogP contribution in [0.5, 0.6) is 0 Å². The molecule has 0 aliphatic carbocycles. The number of amides is 1. The van der Waals surface area contributed by atoms with Gasteiger partial charge in [-0.3, -0.25) is 10.1 Å². The Labute approximate surface area is 136 Å². The molecule has 0 spiro atoms. The minimum atomic E-state index is -0.705. The maximum atomic E-state index is 12.2. The molecular weight excluding hydrogens is 312 g/mol. The molecule has 3 rings (SSSR count). The van der Waals surface area contributed by atoms with Gasteiger partial charge in [0.2, 0.25) is 0 Å². The van der Waals surface area contributed by atoms with Gasteiger partial charge in [0.25, 0.3) is 5.91 Å². The summed E-state index contributed by atoms with van der Waals surface area (Å²) in [7, 11) is 0. The van der Waals surface area contributed by atoms with Crippen molar-refractivity contribution in [2.24, 2.45) is 0 Å². The van der Waals surface area contributed by atoms with Crippen molar-refractivity contribution in [3.05, 3.63) is 76.6 Å². The average molecular weight is 324 g/mol. The standard InChI is InChI=1S/C17H12N2O3S/c20-15(19-17(23)18-12-7-2-1-3-8-12)13-10-11-6-4-5-9-14(11)22-16(13)21/h1-10H,(H2,18,19,20,23). The quantitative estimate of drug-likeness (QED) is 0.560. The summed E-state index contributed by atoms with van der Waals surface area (Å²) in [5.41, 5.74) is 0.368. The molecule has 2 N–H and O–H groups in total. The molecule has 1 aromatic heterocycles. The largest absolute Gasteiger partial charge is 0.422 e. The van der Waals surface area contributed by atoms with Crippen LogP contribution in [0.2, 0.25) is 0 Å². The number of carbonyl (C=O) groups is 1. The monoisotopic (exact) mass is 324 g/mol. The van der Waals surface area contributed by atoms with Gasteiger partial charge in [-0.25, -0.2) is 4.79 Å². The van der Waals surface area contributed by atoms with Crippen LogP contribution in [-0.4, -0.2) is 11.0 Å². The van der Waals surface area contributed by atoms with Crippen molar-refractivity contribution in [2.45, 2.75) is 0 Å². The number of rotatable bonds is 2. The molecule has 0 saturated heterocycles. The molecule has 0 unspecified atom stereocenters. The summed E-state index contributed by atoms with van der Waals surface area (Å²) in [6.07, 6.45) is 0. The predicted octanol–water partition coefficient (Wildman–Crippen LogP) is 2.92. The number of carbonyl (C=O) groups excluding carboxylic acids is 1. The first-order valence-corrected chi connectivity index (χ1v) is 7.24. The molecule has 0 bridgehead atoms.